The lowest BCUT2D eigenvalue weighted by Crippen LogP contribution is -2.11. The molecule has 2 rings (SSSR count). The number of hydrogen-bond acceptors (Lipinski definition) is 3. The van der Waals surface area contributed by atoms with Crippen LogP contribution in [0.4, 0.5) is 4.39 Å². The molecule has 0 heterocycles. The molecule has 0 aliphatic heterocycles. The van der Waals surface area contributed by atoms with Gasteiger partial charge in [-0.1, -0.05) is 19.1 Å². The van der Waals surface area contributed by atoms with Crippen molar-refractivity contribution in [2.45, 2.75) is 20.1 Å². The predicted molar refractivity (Wildman–Crippen MR) is 79.3 cm³/mol. The third-order valence-electron chi connectivity index (χ3n) is 3.05. The molecule has 4 heteroatoms. The van der Waals surface area contributed by atoms with Crippen LogP contribution in [0.5, 0.6) is 5.75 Å². The Kier molecular flexibility index (Phi) is 5.30. The first-order chi connectivity index (χ1) is 10.2. The molecule has 3 nitrogen and oxygen atoms in total. The topological polar surface area (TPSA) is 45.0 Å². The summed E-state index contributed by atoms with van der Waals surface area (Å²) in [6.45, 7) is 3.82. The number of nitriles is 1. The summed E-state index contributed by atoms with van der Waals surface area (Å²) in [5.74, 6) is 0.324. The third kappa shape index (κ3) is 4.30. The van der Waals surface area contributed by atoms with Crippen molar-refractivity contribution in [3.8, 4) is 11.8 Å². The van der Waals surface area contributed by atoms with E-state index in [2.05, 4.69) is 5.32 Å². The highest BCUT2D eigenvalue weighted by atomic mass is 19.1. The van der Waals surface area contributed by atoms with Crippen molar-refractivity contribution in [3.63, 3.8) is 0 Å². The van der Waals surface area contributed by atoms with Crippen LogP contribution in [0.3, 0.4) is 0 Å². The van der Waals surface area contributed by atoms with Gasteiger partial charge in [-0.15, -0.1) is 0 Å². The van der Waals surface area contributed by atoms with E-state index >= 15 is 0 Å². The average molecular weight is 284 g/mol. The fraction of sp³-hybridized carbons (Fsp3) is 0.235. The van der Waals surface area contributed by atoms with Crippen molar-refractivity contribution in [3.05, 3.63) is 65.0 Å². The molecule has 0 atom stereocenters. The summed E-state index contributed by atoms with van der Waals surface area (Å²) >= 11 is 0. The molecule has 0 spiro atoms. The highest BCUT2D eigenvalue weighted by Crippen LogP contribution is 2.17. The van der Waals surface area contributed by atoms with E-state index in [1.807, 2.05) is 37.3 Å². The number of nitrogens with one attached hydrogen (secondary N) is 1. The van der Waals surface area contributed by atoms with E-state index in [1.54, 1.807) is 0 Å². The van der Waals surface area contributed by atoms with Gasteiger partial charge >= 0.3 is 0 Å². The predicted octanol–water partition coefficient (Wildman–Crippen LogP) is 3.39. The fourth-order valence-electron chi connectivity index (χ4n) is 1.93. The van der Waals surface area contributed by atoms with Gasteiger partial charge in [0, 0.05) is 12.1 Å². The van der Waals surface area contributed by atoms with Crippen LogP contribution in [0.2, 0.25) is 0 Å². The maximum atomic E-state index is 13.7. The molecular weight excluding hydrogens is 267 g/mol. The molecule has 21 heavy (non-hydrogen) atoms. The smallest absolute Gasteiger partial charge is 0.129 e. The minimum atomic E-state index is -0.363. The number of rotatable bonds is 6. The van der Waals surface area contributed by atoms with E-state index in [0.29, 0.717) is 16.9 Å². The first-order valence-corrected chi connectivity index (χ1v) is 6.84. The molecule has 0 saturated carbocycles. The lowest BCUT2D eigenvalue weighted by atomic mass is 10.1. The monoisotopic (exact) mass is 284 g/mol. The standard InChI is InChI=1S/C17H17FN2O/c1-2-20-11-14-4-3-5-16(9-14)21-12-15-8-13(10-19)6-7-17(15)18/h3-9,20H,2,11-12H2,1H3. The highest BCUT2D eigenvalue weighted by molar-refractivity contribution is 5.34. The molecule has 0 fully saturated rings. The van der Waals surface area contributed by atoms with Crippen LogP contribution in [-0.2, 0) is 13.2 Å². The van der Waals surface area contributed by atoms with Gasteiger partial charge in [-0.3, -0.25) is 0 Å². The molecular formula is C17H17FN2O. The van der Waals surface area contributed by atoms with Crippen LogP contribution >= 0.6 is 0 Å². The van der Waals surface area contributed by atoms with Gasteiger partial charge in [0.1, 0.15) is 18.2 Å². The first kappa shape index (κ1) is 15.0. The molecule has 0 bridgehead atoms. The van der Waals surface area contributed by atoms with Crippen molar-refractivity contribution in [1.82, 2.24) is 5.32 Å². The second kappa shape index (κ2) is 7.41. The first-order valence-electron chi connectivity index (χ1n) is 6.84. The second-order valence-electron chi connectivity index (χ2n) is 4.63. The summed E-state index contributed by atoms with van der Waals surface area (Å²) in [6.07, 6.45) is 0. The number of nitrogens with zero attached hydrogens (tertiary/aromatic N) is 1. The summed E-state index contributed by atoms with van der Waals surface area (Å²) in [4.78, 5) is 0. The van der Waals surface area contributed by atoms with Crippen molar-refractivity contribution in [2.75, 3.05) is 6.54 Å². The van der Waals surface area contributed by atoms with Gasteiger partial charge in [0.2, 0.25) is 0 Å². The molecule has 0 aliphatic carbocycles. The van der Waals surface area contributed by atoms with E-state index < -0.39 is 0 Å². The van der Waals surface area contributed by atoms with Gasteiger partial charge < -0.3 is 10.1 Å². The molecule has 2 aromatic carbocycles. The van der Waals surface area contributed by atoms with E-state index in [9.17, 15) is 4.39 Å². The Morgan fingerprint density at radius 3 is 2.86 bits per heavy atom. The lowest BCUT2D eigenvalue weighted by Gasteiger charge is -2.09. The molecule has 0 aromatic heterocycles. The number of hydrogen-bond donors (Lipinski definition) is 1. The van der Waals surface area contributed by atoms with E-state index in [0.717, 1.165) is 18.7 Å². The zero-order valence-electron chi connectivity index (χ0n) is 11.9. The Labute approximate surface area is 124 Å². The van der Waals surface area contributed by atoms with Crippen LogP contribution in [-0.4, -0.2) is 6.54 Å². The van der Waals surface area contributed by atoms with Crippen molar-refractivity contribution in [2.24, 2.45) is 0 Å². The Morgan fingerprint density at radius 2 is 2.10 bits per heavy atom. The van der Waals surface area contributed by atoms with Crippen molar-refractivity contribution < 1.29 is 9.13 Å². The summed E-state index contributed by atoms with van der Waals surface area (Å²) in [6, 6.07) is 13.9. The quantitative estimate of drug-likeness (QED) is 0.884. The molecule has 0 unspecified atom stereocenters. The zero-order chi connectivity index (χ0) is 15.1. The van der Waals surface area contributed by atoms with Crippen LogP contribution < -0.4 is 10.1 Å². The molecule has 108 valence electrons. The normalized spacial score (nSPS) is 10.1. The van der Waals surface area contributed by atoms with Gasteiger partial charge in [-0.05, 0) is 42.4 Å². The van der Waals surface area contributed by atoms with E-state index in [4.69, 9.17) is 10.00 Å². The largest absolute Gasteiger partial charge is 0.489 e. The van der Waals surface area contributed by atoms with E-state index in [1.165, 1.54) is 18.2 Å². The highest BCUT2D eigenvalue weighted by Gasteiger charge is 2.05. The SMILES string of the molecule is CCNCc1cccc(OCc2cc(C#N)ccc2F)c1. The fourth-order valence-corrected chi connectivity index (χ4v) is 1.93. The molecule has 1 N–H and O–H groups in total. The van der Waals surface area contributed by atoms with Gasteiger partial charge in [0.05, 0.1) is 11.6 Å². The third-order valence-corrected chi connectivity index (χ3v) is 3.05. The van der Waals surface area contributed by atoms with Gasteiger partial charge in [-0.25, -0.2) is 4.39 Å². The zero-order valence-corrected chi connectivity index (χ0v) is 11.9. The Morgan fingerprint density at radius 1 is 1.24 bits per heavy atom. The second-order valence-corrected chi connectivity index (χ2v) is 4.63. The number of ether oxygens (including phenoxy) is 1. The van der Waals surface area contributed by atoms with Crippen molar-refractivity contribution in [1.29, 1.82) is 5.26 Å². The van der Waals surface area contributed by atoms with Crippen molar-refractivity contribution >= 4 is 0 Å². The van der Waals surface area contributed by atoms with Gasteiger partial charge in [-0.2, -0.15) is 5.26 Å². The number of benzene rings is 2. The van der Waals surface area contributed by atoms with Crippen LogP contribution in [0.15, 0.2) is 42.5 Å². The molecule has 0 saturated heterocycles. The van der Waals surface area contributed by atoms with Gasteiger partial charge in [0.25, 0.3) is 0 Å². The Bertz CT molecular complexity index is 649. The molecule has 2 aromatic rings. The van der Waals surface area contributed by atoms with Gasteiger partial charge in [0.15, 0.2) is 0 Å². The maximum absolute atomic E-state index is 13.7. The minimum Gasteiger partial charge on any atom is -0.489 e. The summed E-state index contributed by atoms with van der Waals surface area (Å²) in [7, 11) is 0. The maximum Gasteiger partial charge on any atom is 0.129 e. The van der Waals surface area contributed by atoms with E-state index in [-0.39, 0.29) is 12.4 Å². The Balaban J connectivity index is 2.04. The molecule has 0 amide bonds. The number of halogens is 1. The minimum absolute atomic E-state index is 0.103. The Hall–Kier alpha value is -2.38. The van der Waals surface area contributed by atoms with Crippen LogP contribution in [0.25, 0.3) is 0 Å². The summed E-state index contributed by atoms with van der Waals surface area (Å²) < 4.78 is 19.3. The summed E-state index contributed by atoms with van der Waals surface area (Å²) in [5, 5.41) is 12.1. The van der Waals surface area contributed by atoms with Crippen LogP contribution in [0, 0.1) is 17.1 Å². The summed E-state index contributed by atoms with van der Waals surface area (Å²) in [5.41, 5.74) is 1.92. The molecule has 0 aliphatic rings. The molecule has 0 radical (unpaired) electrons. The van der Waals surface area contributed by atoms with Crippen LogP contribution in [0.1, 0.15) is 23.6 Å². The average Bonchev–Trinajstić information content (AvgIpc) is 2.52. The lowest BCUT2D eigenvalue weighted by molar-refractivity contribution is 0.299.